The fraction of sp³-hybridized carbons (Fsp3) is 0.150. The van der Waals surface area contributed by atoms with Gasteiger partial charge in [0.1, 0.15) is 11.7 Å². The second-order valence-electron chi connectivity index (χ2n) is 5.96. The highest BCUT2D eigenvalue weighted by atomic mass is 79.9. The van der Waals surface area contributed by atoms with E-state index in [0.29, 0.717) is 21.9 Å². The molecule has 0 spiro atoms. The lowest BCUT2D eigenvalue weighted by molar-refractivity contribution is -0.140. The summed E-state index contributed by atoms with van der Waals surface area (Å²) in [5.74, 6) is -2.00. The minimum atomic E-state index is -1.25. The largest absolute Gasteiger partial charge is 0.480 e. The molecule has 1 atom stereocenters. The topological polar surface area (TPSA) is 85.6 Å². The third-order valence-corrected chi connectivity index (χ3v) is 4.86. The van der Waals surface area contributed by atoms with E-state index >= 15 is 0 Å². The predicted octanol–water partition coefficient (Wildman–Crippen LogP) is 3.86. The number of carboxylic acids is 1. The van der Waals surface area contributed by atoms with Gasteiger partial charge in [-0.25, -0.2) is 9.59 Å². The SMILES string of the molecule is COC(=O)c1c(-c2ccccc2)c2cc(Br)ccc2c(=O)n1C(C)C(=O)O. The molecule has 0 aliphatic heterocycles. The van der Waals surface area contributed by atoms with Gasteiger partial charge in [0, 0.05) is 15.4 Å². The molecule has 138 valence electrons. The van der Waals surface area contributed by atoms with E-state index < -0.39 is 23.5 Å². The van der Waals surface area contributed by atoms with Gasteiger partial charge in [-0.2, -0.15) is 0 Å². The van der Waals surface area contributed by atoms with Crippen LogP contribution in [0, 0.1) is 0 Å². The maximum atomic E-state index is 13.1. The Labute approximate surface area is 163 Å². The number of halogens is 1. The molecule has 6 nitrogen and oxygen atoms in total. The average molecular weight is 430 g/mol. The van der Waals surface area contributed by atoms with Gasteiger partial charge in [-0.3, -0.25) is 9.36 Å². The van der Waals surface area contributed by atoms with Gasteiger partial charge in [-0.15, -0.1) is 0 Å². The number of rotatable bonds is 4. The lowest BCUT2D eigenvalue weighted by atomic mass is 9.96. The van der Waals surface area contributed by atoms with Crippen LogP contribution in [-0.2, 0) is 9.53 Å². The number of carbonyl (C=O) groups excluding carboxylic acids is 1. The summed E-state index contributed by atoms with van der Waals surface area (Å²) in [4.78, 5) is 37.4. The van der Waals surface area contributed by atoms with E-state index in [0.717, 1.165) is 9.04 Å². The number of pyridine rings is 1. The number of aromatic nitrogens is 1. The number of nitrogens with zero attached hydrogens (tertiary/aromatic N) is 1. The molecule has 7 heteroatoms. The van der Waals surface area contributed by atoms with Crippen molar-refractivity contribution in [2.24, 2.45) is 0 Å². The van der Waals surface area contributed by atoms with Gasteiger partial charge in [0.2, 0.25) is 0 Å². The number of aliphatic carboxylic acids is 1. The van der Waals surface area contributed by atoms with Crippen molar-refractivity contribution in [2.75, 3.05) is 7.11 Å². The molecule has 0 saturated heterocycles. The summed E-state index contributed by atoms with van der Waals surface area (Å²) in [7, 11) is 1.20. The van der Waals surface area contributed by atoms with Gasteiger partial charge in [0.05, 0.1) is 7.11 Å². The third-order valence-electron chi connectivity index (χ3n) is 4.36. The summed E-state index contributed by atoms with van der Waals surface area (Å²) in [5.41, 5.74) is 0.473. The van der Waals surface area contributed by atoms with Gasteiger partial charge in [-0.1, -0.05) is 46.3 Å². The highest BCUT2D eigenvalue weighted by Crippen LogP contribution is 2.33. The van der Waals surface area contributed by atoms with Crippen LogP contribution in [0.2, 0.25) is 0 Å². The van der Waals surface area contributed by atoms with Gasteiger partial charge in [0.15, 0.2) is 0 Å². The Balaban J connectivity index is 2.61. The number of carboxylic acid groups (broad SMARTS) is 1. The number of ether oxygens (including phenoxy) is 1. The third kappa shape index (κ3) is 3.26. The number of carbonyl (C=O) groups is 2. The number of esters is 1. The number of hydrogen-bond acceptors (Lipinski definition) is 4. The maximum Gasteiger partial charge on any atom is 0.355 e. The molecule has 0 fully saturated rings. The Hall–Kier alpha value is -2.93. The Morgan fingerprint density at radius 2 is 1.78 bits per heavy atom. The molecule has 0 aliphatic rings. The Kier molecular flexibility index (Phi) is 5.14. The van der Waals surface area contributed by atoms with Crippen LogP contribution >= 0.6 is 15.9 Å². The second-order valence-corrected chi connectivity index (χ2v) is 6.88. The van der Waals surface area contributed by atoms with Crippen molar-refractivity contribution in [3.05, 3.63) is 69.1 Å². The smallest absolute Gasteiger partial charge is 0.355 e. The van der Waals surface area contributed by atoms with Crippen molar-refractivity contribution >= 4 is 38.6 Å². The molecule has 0 saturated carbocycles. The van der Waals surface area contributed by atoms with E-state index in [1.807, 2.05) is 6.07 Å². The molecule has 1 aromatic heterocycles. The van der Waals surface area contributed by atoms with Crippen LogP contribution in [0.3, 0.4) is 0 Å². The number of methoxy groups -OCH3 is 1. The molecule has 0 radical (unpaired) electrons. The molecule has 2 aromatic carbocycles. The highest BCUT2D eigenvalue weighted by molar-refractivity contribution is 9.10. The number of hydrogen-bond donors (Lipinski definition) is 1. The first kappa shape index (κ1) is 18.8. The van der Waals surface area contributed by atoms with E-state index in [4.69, 9.17) is 4.74 Å². The van der Waals surface area contributed by atoms with Crippen molar-refractivity contribution < 1.29 is 19.4 Å². The molecule has 27 heavy (non-hydrogen) atoms. The van der Waals surface area contributed by atoms with Crippen LogP contribution in [0.4, 0.5) is 0 Å². The molecule has 1 heterocycles. The van der Waals surface area contributed by atoms with Crippen LogP contribution in [0.15, 0.2) is 57.8 Å². The van der Waals surface area contributed by atoms with Gasteiger partial charge >= 0.3 is 11.9 Å². The number of fused-ring (bicyclic) bond motifs is 1. The Morgan fingerprint density at radius 3 is 2.37 bits per heavy atom. The average Bonchev–Trinajstić information content (AvgIpc) is 2.67. The zero-order valence-electron chi connectivity index (χ0n) is 14.6. The summed E-state index contributed by atoms with van der Waals surface area (Å²) in [6.45, 7) is 1.36. The first-order chi connectivity index (χ1) is 12.9. The van der Waals surface area contributed by atoms with E-state index in [1.54, 1.807) is 42.5 Å². The highest BCUT2D eigenvalue weighted by Gasteiger charge is 2.28. The van der Waals surface area contributed by atoms with Crippen LogP contribution in [-0.4, -0.2) is 28.7 Å². The molecular formula is C20H16BrNO5. The second kappa shape index (κ2) is 7.36. The zero-order chi connectivity index (χ0) is 19.7. The fourth-order valence-electron chi connectivity index (χ4n) is 3.06. The maximum absolute atomic E-state index is 13.1. The first-order valence-corrected chi connectivity index (χ1v) is 8.90. The van der Waals surface area contributed by atoms with Crippen molar-refractivity contribution in [1.82, 2.24) is 4.57 Å². The van der Waals surface area contributed by atoms with E-state index in [1.165, 1.54) is 14.0 Å². The van der Waals surface area contributed by atoms with Crippen LogP contribution < -0.4 is 5.56 Å². The minimum Gasteiger partial charge on any atom is -0.480 e. The normalized spacial score (nSPS) is 12.0. The summed E-state index contributed by atoms with van der Waals surface area (Å²) >= 11 is 3.39. The number of benzene rings is 2. The summed E-state index contributed by atoms with van der Waals surface area (Å²) < 4.78 is 6.62. The van der Waals surface area contributed by atoms with Crippen LogP contribution in [0.1, 0.15) is 23.5 Å². The van der Waals surface area contributed by atoms with Crippen molar-refractivity contribution in [1.29, 1.82) is 0 Å². The van der Waals surface area contributed by atoms with Crippen LogP contribution in [0.25, 0.3) is 21.9 Å². The molecule has 3 aromatic rings. The van der Waals surface area contributed by atoms with Crippen molar-refractivity contribution in [3.8, 4) is 11.1 Å². The first-order valence-electron chi connectivity index (χ1n) is 8.11. The van der Waals surface area contributed by atoms with Gasteiger partial charge in [0.25, 0.3) is 5.56 Å². The van der Waals surface area contributed by atoms with Crippen molar-refractivity contribution in [3.63, 3.8) is 0 Å². The van der Waals surface area contributed by atoms with E-state index in [-0.39, 0.29) is 5.69 Å². The molecule has 1 N–H and O–H groups in total. The zero-order valence-corrected chi connectivity index (χ0v) is 16.2. The summed E-state index contributed by atoms with van der Waals surface area (Å²) in [6, 6.07) is 12.8. The molecule has 3 rings (SSSR count). The molecular weight excluding hydrogens is 414 g/mol. The Morgan fingerprint density at radius 1 is 1.11 bits per heavy atom. The molecule has 0 amide bonds. The van der Waals surface area contributed by atoms with Gasteiger partial charge in [-0.05, 0) is 36.1 Å². The molecule has 1 unspecified atom stereocenters. The summed E-state index contributed by atoms with van der Waals surface area (Å²) in [5, 5.41) is 10.4. The van der Waals surface area contributed by atoms with Gasteiger partial charge < -0.3 is 9.84 Å². The predicted molar refractivity (Wildman–Crippen MR) is 105 cm³/mol. The monoisotopic (exact) mass is 429 g/mol. The lowest BCUT2D eigenvalue weighted by Gasteiger charge is -2.21. The van der Waals surface area contributed by atoms with E-state index in [2.05, 4.69) is 15.9 Å². The van der Waals surface area contributed by atoms with E-state index in [9.17, 15) is 19.5 Å². The quantitative estimate of drug-likeness (QED) is 0.636. The molecule has 0 bridgehead atoms. The lowest BCUT2D eigenvalue weighted by Crippen LogP contribution is -2.33. The fourth-order valence-corrected chi connectivity index (χ4v) is 3.42. The summed E-state index contributed by atoms with van der Waals surface area (Å²) in [6.07, 6.45) is 0. The van der Waals surface area contributed by atoms with Crippen LogP contribution in [0.5, 0.6) is 0 Å². The standard InChI is InChI=1S/C20H16BrNO5/c1-11(19(24)25)22-17(20(26)27-2)16(12-6-4-3-5-7-12)15-10-13(21)8-9-14(15)18(22)23/h3-11H,1-2H3,(H,24,25). The Bertz CT molecular complexity index is 1100. The minimum absolute atomic E-state index is 0.0887. The van der Waals surface area contributed by atoms with Crippen molar-refractivity contribution in [2.45, 2.75) is 13.0 Å². The molecule has 0 aliphatic carbocycles.